The van der Waals surface area contributed by atoms with Crippen LogP contribution in [0.4, 0.5) is 0 Å². The van der Waals surface area contributed by atoms with Crippen molar-refractivity contribution in [3.8, 4) is 0 Å². The van der Waals surface area contributed by atoms with Crippen LogP contribution in [0.1, 0.15) is 20.3 Å². The molecule has 2 atom stereocenters. The summed E-state index contributed by atoms with van der Waals surface area (Å²) in [6.07, 6.45) is 1.26. The number of hydrogen-bond donors (Lipinski definition) is 0. The van der Waals surface area contributed by atoms with Gasteiger partial charge in [0, 0.05) is 20.3 Å². The van der Waals surface area contributed by atoms with Gasteiger partial charge >= 0.3 is 7.60 Å². The van der Waals surface area contributed by atoms with Crippen molar-refractivity contribution >= 4 is 24.9 Å². The fourth-order valence-electron chi connectivity index (χ4n) is 1.30. The maximum atomic E-state index is 12.3. The Labute approximate surface area is 108 Å². The fraction of sp³-hybridized carbons (Fsp3) is 1.00. The lowest BCUT2D eigenvalue weighted by molar-refractivity contribution is 0.185. The molecule has 0 aromatic carbocycles. The Morgan fingerprint density at radius 3 is 2.29 bits per heavy atom. The van der Waals surface area contributed by atoms with Crippen LogP contribution in [0.25, 0.3) is 0 Å². The highest BCUT2D eigenvalue weighted by Crippen LogP contribution is 2.50. The van der Waals surface area contributed by atoms with Crippen LogP contribution in [0.15, 0.2) is 0 Å². The van der Waals surface area contributed by atoms with Gasteiger partial charge in [-0.1, -0.05) is 8.93 Å². The molecule has 0 fully saturated rings. The van der Waals surface area contributed by atoms with E-state index >= 15 is 0 Å². The van der Waals surface area contributed by atoms with Gasteiger partial charge in [0.15, 0.2) is 0 Å². The zero-order chi connectivity index (χ0) is 13.1. The molecule has 2 unspecified atom stereocenters. The minimum Gasteiger partial charge on any atom is -0.385 e. The standard InChI is InChI=1S/C9H24NO4P3/c1-4-13-17(11,14-5-2)9-10(16-15)7-6-8-12-3/h16H,4-9,15H2,1-3H3. The van der Waals surface area contributed by atoms with Gasteiger partial charge in [-0.3, -0.25) is 9.24 Å². The van der Waals surface area contributed by atoms with E-state index in [1.807, 2.05) is 13.8 Å². The van der Waals surface area contributed by atoms with Gasteiger partial charge in [-0.15, -0.1) is 0 Å². The number of nitrogens with zero attached hydrogens (tertiary/aromatic N) is 1. The number of hydrogen-bond acceptors (Lipinski definition) is 5. The summed E-state index contributed by atoms with van der Waals surface area (Å²) in [7, 11) is 1.88. The summed E-state index contributed by atoms with van der Waals surface area (Å²) in [6.45, 7) is 6.00. The van der Waals surface area contributed by atoms with Crippen LogP contribution in [-0.2, 0) is 18.3 Å². The summed E-state index contributed by atoms with van der Waals surface area (Å²) in [5, 5.41) is 0. The van der Waals surface area contributed by atoms with Crippen molar-refractivity contribution in [1.82, 2.24) is 4.67 Å². The molecule has 0 bridgehead atoms. The van der Waals surface area contributed by atoms with Crippen molar-refractivity contribution in [3.05, 3.63) is 0 Å². The summed E-state index contributed by atoms with van der Waals surface area (Å²) in [5.41, 5.74) is 0. The second-order valence-corrected chi connectivity index (χ2v) is 7.01. The molecule has 0 heterocycles. The third kappa shape index (κ3) is 8.61. The molecule has 104 valence electrons. The Bertz CT molecular complexity index is 220. The van der Waals surface area contributed by atoms with E-state index in [1.165, 1.54) is 0 Å². The van der Waals surface area contributed by atoms with Gasteiger partial charge < -0.3 is 13.8 Å². The van der Waals surface area contributed by atoms with Gasteiger partial charge in [-0.25, -0.2) is 0 Å². The predicted octanol–water partition coefficient (Wildman–Crippen LogP) is 2.93. The molecular formula is C9H24NO4P3. The minimum atomic E-state index is -2.96. The molecule has 0 aliphatic rings. The highest BCUT2D eigenvalue weighted by Gasteiger charge is 2.26. The van der Waals surface area contributed by atoms with Crippen molar-refractivity contribution in [2.24, 2.45) is 0 Å². The van der Waals surface area contributed by atoms with Crippen molar-refractivity contribution in [3.63, 3.8) is 0 Å². The van der Waals surface area contributed by atoms with Crippen LogP contribution in [-0.4, -0.2) is 44.4 Å². The zero-order valence-corrected chi connectivity index (χ0v) is 13.9. The number of ether oxygens (including phenoxy) is 1. The van der Waals surface area contributed by atoms with E-state index in [4.69, 9.17) is 13.8 Å². The molecule has 0 aliphatic carbocycles. The summed E-state index contributed by atoms with van der Waals surface area (Å²) < 4.78 is 29.9. The largest absolute Gasteiger partial charge is 0.385 e. The fourth-order valence-corrected chi connectivity index (χ4v) is 5.14. The van der Waals surface area contributed by atoms with Crippen molar-refractivity contribution in [2.75, 3.05) is 39.8 Å². The van der Waals surface area contributed by atoms with E-state index in [0.717, 1.165) is 13.0 Å². The molecule has 0 saturated carbocycles. The summed E-state index contributed by atoms with van der Waals surface area (Å²) in [6, 6.07) is 0. The van der Waals surface area contributed by atoms with Crippen LogP contribution in [0.3, 0.4) is 0 Å². The lowest BCUT2D eigenvalue weighted by Gasteiger charge is -2.25. The van der Waals surface area contributed by atoms with Crippen molar-refractivity contribution in [1.29, 1.82) is 0 Å². The van der Waals surface area contributed by atoms with E-state index in [-0.39, 0.29) is 0 Å². The molecule has 0 amide bonds. The van der Waals surface area contributed by atoms with Gasteiger partial charge in [0.1, 0.15) is 6.29 Å². The molecule has 0 rings (SSSR count). The quantitative estimate of drug-likeness (QED) is 0.434. The topological polar surface area (TPSA) is 48.0 Å². The highest BCUT2D eigenvalue weighted by atomic mass is 32.0. The lowest BCUT2D eigenvalue weighted by Crippen LogP contribution is -2.19. The van der Waals surface area contributed by atoms with Gasteiger partial charge in [-0.05, 0) is 28.7 Å². The maximum absolute atomic E-state index is 12.3. The number of methoxy groups -OCH3 is 1. The Hall–Kier alpha value is 0.930. The first-order chi connectivity index (χ1) is 8.11. The second kappa shape index (κ2) is 10.8. The highest BCUT2D eigenvalue weighted by molar-refractivity contribution is 8.01. The van der Waals surface area contributed by atoms with E-state index in [0.29, 0.717) is 34.5 Å². The summed E-state index contributed by atoms with van der Waals surface area (Å²) in [5.74, 6) is 0. The molecule has 0 N–H and O–H groups in total. The summed E-state index contributed by atoms with van der Waals surface area (Å²) >= 11 is 0. The molecule has 17 heavy (non-hydrogen) atoms. The molecule has 0 radical (unpaired) electrons. The molecule has 0 aromatic heterocycles. The summed E-state index contributed by atoms with van der Waals surface area (Å²) in [4.78, 5) is 0. The molecule has 0 aliphatic heterocycles. The molecule has 0 spiro atoms. The normalized spacial score (nSPS) is 13.0. The van der Waals surface area contributed by atoms with E-state index in [9.17, 15) is 4.57 Å². The van der Waals surface area contributed by atoms with Gasteiger partial charge in [0.25, 0.3) is 0 Å². The average Bonchev–Trinajstić information content (AvgIpc) is 2.28. The SMILES string of the molecule is CCOP(=O)(CN(CCCOC)PP)OCC. The van der Waals surface area contributed by atoms with Crippen molar-refractivity contribution < 1.29 is 18.3 Å². The van der Waals surface area contributed by atoms with E-state index in [2.05, 4.69) is 13.6 Å². The zero-order valence-electron chi connectivity index (χ0n) is 10.8. The third-order valence-electron chi connectivity index (χ3n) is 1.95. The van der Waals surface area contributed by atoms with Crippen LogP contribution >= 0.6 is 24.9 Å². The van der Waals surface area contributed by atoms with Crippen molar-refractivity contribution in [2.45, 2.75) is 20.3 Å². The third-order valence-corrected chi connectivity index (χ3v) is 6.05. The van der Waals surface area contributed by atoms with Gasteiger partial charge in [0.05, 0.1) is 13.2 Å². The predicted molar refractivity (Wildman–Crippen MR) is 76.9 cm³/mol. The number of rotatable bonds is 11. The molecule has 8 heteroatoms. The molecular weight excluding hydrogens is 279 g/mol. The molecule has 0 aromatic rings. The molecule has 0 saturated heterocycles. The average molecular weight is 303 g/mol. The minimum absolute atomic E-state index is 0.348. The van der Waals surface area contributed by atoms with Crippen LogP contribution in [0, 0.1) is 0 Å². The Morgan fingerprint density at radius 2 is 1.88 bits per heavy atom. The Balaban J connectivity index is 4.22. The van der Waals surface area contributed by atoms with E-state index < -0.39 is 7.60 Å². The van der Waals surface area contributed by atoms with Gasteiger partial charge in [-0.2, -0.15) is 0 Å². The smallest absolute Gasteiger partial charge is 0.344 e. The Kier molecular flexibility index (Phi) is 11.4. The van der Waals surface area contributed by atoms with Crippen LogP contribution < -0.4 is 0 Å². The van der Waals surface area contributed by atoms with Crippen LogP contribution in [0.5, 0.6) is 0 Å². The van der Waals surface area contributed by atoms with Gasteiger partial charge in [0.2, 0.25) is 0 Å². The molecule has 5 nitrogen and oxygen atoms in total. The maximum Gasteiger partial charge on any atom is 0.344 e. The lowest BCUT2D eigenvalue weighted by atomic mass is 10.4. The monoisotopic (exact) mass is 303 g/mol. The van der Waals surface area contributed by atoms with Crippen LogP contribution in [0.2, 0.25) is 0 Å². The second-order valence-electron chi connectivity index (χ2n) is 3.33. The first-order valence-electron chi connectivity index (χ1n) is 5.70. The first kappa shape index (κ1) is 17.9. The van der Waals surface area contributed by atoms with E-state index in [1.54, 1.807) is 7.11 Å². The first-order valence-corrected chi connectivity index (χ1v) is 10.2. The Morgan fingerprint density at radius 1 is 1.29 bits per heavy atom.